The molecule has 112 valence electrons. The van der Waals surface area contributed by atoms with Crippen LogP contribution in [0.3, 0.4) is 0 Å². The van der Waals surface area contributed by atoms with Crippen molar-refractivity contribution in [3.8, 4) is 0 Å². The maximum Gasteiger partial charge on any atom is 0.0509 e. The van der Waals surface area contributed by atoms with Gasteiger partial charge in [-0.2, -0.15) is 0 Å². The minimum absolute atomic E-state index is 0.613. The topological polar surface area (TPSA) is 24.5 Å². The third kappa shape index (κ3) is 5.05. The van der Waals surface area contributed by atoms with Crippen molar-refractivity contribution in [2.45, 2.75) is 64.0 Å². The van der Waals surface area contributed by atoms with Crippen molar-refractivity contribution >= 4 is 0 Å². The standard InChI is InChI=1S/C16H32N2O/c1-14(15-9-12-19-13-15)17-10-6-11-18(2)16-7-4-3-5-8-16/h14-17H,3-13H2,1-2H3. The van der Waals surface area contributed by atoms with E-state index in [9.17, 15) is 0 Å². The largest absolute Gasteiger partial charge is 0.381 e. The quantitative estimate of drug-likeness (QED) is 0.718. The summed E-state index contributed by atoms with van der Waals surface area (Å²) >= 11 is 0. The lowest BCUT2D eigenvalue weighted by atomic mass is 9.94. The zero-order chi connectivity index (χ0) is 13.5. The third-order valence-electron chi connectivity index (χ3n) is 5.02. The molecule has 0 aromatic heterocycles. The summed E-state index contributed by atoms with van der Waals surface area (Å²) in [6, 6.07) is 1.47. The molecule has 0 aromatic carbocycles. The van der Waals surface area contributed by atoms with Crippen LogP contribution in [-0.4, -0.2) is 50.3 Å². The van der Waals surface area contributed by atoms with Gasteiger partial charge in [-0.25, -0.2) is 0 Å². The summed E-state index contributed by atoms with van der Waals surface area (Å²) in [6.45, 7) is 6.61. The average Bonchev–Trinajstić information content (AvgIpc) is 2.98. The van der Waals surface area contributed by atoms with E-state index >= 15 is 0 Å². The van der Waals surface area contributed by atoms with Crippen LogP contribution < -0.4 is 5.32 Å². The zero-order valence-electron chi connectivity index (χ0n) is 12.9. The molecule has 1 saturated heterocycles. The second-order valence-electron chi connectivity index (χ2n) is 6.49. The molecule has 0 spiro atoms. The summed E-state index contributed by atoms with van der Waals surface area (Å²) in [7, 11) is 2.31. The van der Waals surface area contributed by atoms with Gasteiger partial charge >= 0.3 is 0 Å². The molecule has 2 unspecified atom stereocenters. The molecule has 3 heteroatoms. The molecule has 0 bridgehead atoms. The molecule has 1 heterocycles. The van der Waals surface area contributed by atoms with Crippen molar-refractivity contribution in [1.29, 1.82) is 0 Å². The molecule has 2 atom stereocenters. The molecule has 3 nitrogen and oxygen atoms in total. The van der Waals surface area contributed by atoms with Crippen molar-refractivity contribution in [3.63, 3.8) is 0 Å². The van der Waals surface area contributed by atoms with E-state index in [2.05, 4.69) is 24.2 Å². The number of hydrogen-bond donors (Lipinski definition) is 1. The Balaban J connectivity index is 1.53. The summed E-state index contributed by atoms with van der Waals surface area (Å²) in [4.78, 5) is 2.59. The maximum absolute atomic E-state index is 5.45. The number of hydrogen-bond acceptors (Lipinski definition) is 3. The lowest BCUT2D eigenvalue weighted by Crippen LogP contribution is -2.38. The molecule has 2 rings (SSSR count). The van der Waals surface area contributed by atoms with Gasteiger partial charge in [-0.15, -0.1) is 0 Å². The average molecular weight is 268 g/mol. The van der Waals surface area contributed by atoms with Gasteiger partial charge in [0.15, 0.2) is 0 Å². The predicted molar refractivity (Wildman–Crippen MR) is 80.5 cm³/mol. The molecule has 2 aliphatic rings. The first-order chi connectivity index (χ1) is 9.27. The van der Waals surface area contributed by atoms with Gasteiger partial charge in [0.1, 0.15) is 0 Å². The van der Waals surface area contributed by atoms with Gasteiger partial charge in [0, 0.05) is 18.7 Å². The van der Waals surface area contributed by atoms with E-state index in [4.69, 9.17) is 4.74 Å². The van der Waals surface area contributed by atoms with Crippen molar-refractivity contribution < 1.29 is 4.74 Å². The van der Waals surface area contributed by atoms with Crippen LogP contribution in [0.1, 0.15) is 51.9 Å². The number of nitrogens with zero attached hydrogens (tertiary/aromatic N) is 1. The highest BCUT2D eigenvalue weighted by Crippen LogP contribution is 2.21. The van der Waals surface area contributed by atoms with Gasteiger partial charge < -0.3 is 15.0 Å². The highest BCUT2D eigenvalue weighted by molar-refractivity contribution is 4.76. The van der Waals surface area contributed by atoms with Gasteiger partial charge in [0.05, 0.1) is 6.61 Å². The molecule has 0 aromatic rings. The van der Waals surface area contributed by atoms with Gasteiger partial charge in [-0.05, 0) is 58.7 Å². The van der Waals surface area contributed by atoms with Crippen LogP contribution in [0.2, 0.25) is 0 Å². The number of ether oxygens (including phenoxy) is 1. The first-order valence-corrected chi connectivity index (χ1v) is 8.28. The van der Waals surface area contributed by atoms with Crippen molar-refractivity contribution in [2.24, 2.45) is 5.92 Å². The summed E-state index contributed by atoms with van der Waals surface area (Å²) in [5.41, 5.74) is 0. The van der Waals surface area contributed by atoms with E-state index in [1.807, 2.05) is 0 Å². The Bertz CT molecular complexity index is 235. The highest BCUT2D eigenvalue weighted by atomic mass is 16.5. The molecule has 1 aliphatic heterocycles. The Morgan fingerprint density at radius 2 is 2.00 bits per heavy atom. The lowest BCUT2D eigenvalue weighted by Gasteiger charge is -2.31. The van der Waals surface area contributed by atoms with Crippen LogP contribution in [0.25, 0.3) is 0 Å². The highest BCUT2D eigenvalue weighted by Gasteiger charge is 2.22. The number of nitrogens with one attached hydrogen (secondary N) is 1. The van der Waals surface area contributed by atoms with E-state index in [0.29, 0.717) is 6.04 Å². The Labute approximate surface area is 119 Å². The zero-order valence-corrected chi connectivity index (χ0v) is 12.9. The van der Waals surface area contributed by atoms with Gasteiger partial charge in [-0.3, -0.25) is 0 Å². The van der Waals surface area contributed by atoms with Gasteiger partial charge in [0.25, 0.3) is 0 Å². The Kier molecular flexibility index (Phi) is 6.62. The summed E-state index contributed by atoms with van der Waals surface area (Å²) in [5.74, 6) is 0.732. The van der Waals surface area contributed by atoms with Crippen LogP contribution >= 0.6 is 0 Å². The first-order valence-electron chi connectivity index (χ1n) is 8.28. The summed E-state index contributed by atoms with van der Waals surface area (Å²) in [5, 5.41) is 3.68. The smallest absolute Gasteiger partial charge is 0.0509 e. The van der Waals surface area contributed by atoms with Crippen LogP contribution in [0.4, 0.5) is 0 Å². The molecule has 0 amide bonds. The predicted octanol–water partition coefficient (Wildman–Crippen LogP) is 2.66. The van der Waals surface area contributed by atoms with Crippen molar-refractivity contribution in [3.05, 3.63) is 0 Å². The molecule has 1 aliphatic carbocycles. The van der Waals surface area contributed by atoms with E-state index < -0.39 is 0 Å². The Morgan fingerprint density at radius 3 is 2.68 bits per heavy atom. The van der Waals surface area contributed by atoms with E-state index in [1.165, 1.54) is 51.5 Å². The minimum atomic E-state index is 0.613. The van der Waals surface area contributed by atoms with Crippen LogP contribution in [0, 0.1) is 5.92 Å². The molecule has 1 N–H and O–H groups in total. The molecule has 1 saturated carbocycles. The lowest BCUT2D eigenvalue weighted by molar-refractivity contribution is 0.176. The monoisotopic (exact) mass is 268 g/mol. The van der Waals surface area contributed by atoms with Crippen LogP contribution in [-0.2, 0) is 4.74 Å². The molecular formula is C16H32N2O. The Hall–Kier alpha value is -0.120. The maximum atomic E-state index is 5.45. The second-order valence-corrected chi connectivity index (χ2v) is 6.49. The fourth-order valence-electron chi connectivity index (χ4n) is 3.48. The van der Waals surface area contributed by atoms with E-state index in [1.54, 1.807) is 0 Å². The number of rotatable bonds is 7. The fourth-order valence-corrected chi connectivity index (χ4v) is 3.48. The van der Waals surface area contributed by atoms with E-state index in [-0.39, 0.29) is 0 Å². The fraction of sp³-hybridized carbons (Fsp3) is 1.00. The molecule has 0 radical (unpaired) electrons. The first kappa shape index (κ1) is 15.3. The molecule has 19 heavy (non-hydrogen) atoms. The van der Waals surface area contributed by atoms with Gasteiger partial charge in [0.2, 0.25) is 0 Å². The Morgan fingerprint density at radius 1 is 1.21 bits per heavy atom. The second kappa shape index (κ2) is 8.23. The normalized spacial score (nSPS) is 27.0. The summed E-state index contributed by atoms with van der Waals surface area (Å²) in [6.07, 6.45) is 9.66. The van der Waals surface area contributed by atoms with Crippen molar-refractivity contribution in [2.75, 3.05) is 33.4 Å². The minimum Gasteiger partial charge on any atom is -0.381 e. The molecular weight excluding hydrogens is 236 g/mol. The van der Waals surface area contributed by atoms with Crippen molar-refractivity contribution in [1.82, 2.24) is 10.2 Å². The third-order valence-corrected chi connectivity index (χ3v) is 5.02. The van der Waals surface area contributed by atoms with E-state index in [0.717, 1.165) is 31.7 Å². The SMILES string of the molecule is CC(NCCCN(C)C1CCCCC1)C1CCOC1. The van der Waals surface area contributed by atoms with Crippen LogP contribution in [0.15, 0.2) is 0 Å². The van der Waals surface area contributed by atoms with Crippen LogP contribution in [0.5, 0.6) is 0 Å². The van der Waals surface area contributed by atoms with Gasteiger partial charge in [-0.1, -0.05) is 19.3 Å². The summed E-state index contributed by atoms with van der Waals surface area (Å²) < 4.78 is 5.45. The molecule has 2 fully saturated rings.